The molecule has 9 heteroatoms. The summed E-state index contributed by atoms with van der Waals surface area (Å²) in [6.07, 6.45) is 0.261. The van der Waals surface area contributed by atoms with Gasteiger partial charge < -0.3 is 15.5 Å². The van der Waals surface area contributed by atoms with Crippen molar-refractivity contribution < 1.29 is 14.4 Å². The fourth-order valence-electron chi connectivity index (χ4n) is 3.20. The summed E-state index contributed by atoms with van der Waals surface area (Å²) in [6, 6.07) is 9.09. The molecule has 0 aliphatic carbocycles. The van der Waals surface area contributed by atoms with E-state index >= 15 is 0 Å². The number of benzene rings is 1. The number of carbonyl (C=O) groups excluding carboxylic acids is 3. The molecule has 0 spiro atoms. The number of anilines is 1. The molecule has 0 saturated heterocycles. The minimum atomic E-state index is -0.221. The molecule has 0 bridgehead atoms. The normalized spacial score (nSPS) is 10.7. The smallest absolute Gasteiger partial charge is 0.272 e. The van der Waals surface area contributed by atoms with Crippen LogP contribution in [0.15, 0.2) is 30.3 Å². The highest BCUT2D eigenvalue weighted by atomic mass is 16.2. The van der Waals surface area contributed by atoms with Crippen LogP contribution < -0.4 is 10.6 Å². The highest BCUT2D eigenvalue weighted by molar-refractivity contribution is 5.94. The zero-order valence-corrected chi connectivity index (χ0v) is 18.3. The minimum Gasteiger partial charge on any atom is -0.359 e. The maximum absolute atomic E-state index is 12.3. The van der Waals surface area contributed by atoms with Crippen LogP contribution in [0.3, 0.4) is 0 Å². The molecule has 9 nitrogen and oxygen atoms in total. The van der Waals surface area contributed by atoms with Crippen LogP contribution in [0.25, 0.3) is 16.9 Å². The van der Waals surface area contributed by atoms with E-state index in [9.17, 15) is 14.4 Å². The van der Waals surface area contributed by atoms with Gasteiger partial charge in [-0.25, -0.2) is 9.50 Å². The summed E-state index contributed by atoms with van der Waals surface area (Å²) in [5.41, 5.74) is 4.96. The monoisotopic (exact) mass is 422 g/mol. The van der Waals surface area contributed by atoms with E-state index in [1.54, 1.807) is 37.8 Å². The van der Waals surface area contributed by atoms with Crippen molar-refractivity contribution >= 4 is 29.1 Å². The molecular formula is C22H26N6O3. The van der Waals surface area contributed by atoms with Crippen LogP contribution in [0.4, 0.5) is 5.69 Å². The largest absolute Gasteiger partial charge is 0.359 e. The van der Waals surface area contributed by atoms with Gasteiger partial charge >= 0.3 is 0 Å². The van der Waals surface area contributed by atoms with E-state index in [0.717, 1.165) is 22.5 Å². The molecule has 162 valence electrons. The predicted octanol–water partition coefficient (Wildman–Crippen LogP) is 2.18. The fourth-order valence-corrected chi connectivity index (χ4v) is 3.20. The summed E-state index contributed by atoms with van der Waals surface area (Å²) in [6.45, 7) is 3.81. The molecule has 0 aliphatic rings. The van der Waals surface area contributed by atoms with Gasteiger partial charge in [-0.1, -0.05) is 6.07 Å². The molecule has 31 heavy (non-hydrogen) atoms. The first-order chi connectivity index (χ1) is 14.7. The number of aryl methyl sites for hydroxylation is 2. The van der Waals surface area contributed by atoms with Crippen LogP contribution in [0.2, 0.25) is 0 Å². The second-order valence-electron chi connectivity index (χ2n) is 7.53. The summed E-state index contributed by atoms with van der Waals surface area (Å²) in [7, 11) is 4.92. The van der Waals surface area contributed by atoms with Crippen molar-refractivity contribution in [1.82, 2.24) is 24.8 Å². The molecule has 2 N–H and O–H groups in total. The van der Waals surface area contributed by atoms with E-state index in [-0.39, 0.29) is 30.6 Å². The molecule has 0 atom stereocenters. The van der Waals surface area contributed by atoms with Gasteiger partial charge in [0.15, 0.2) is 5.65 Å². The average molecular weight is 422 g/mol. The lowest BCUT2D eigenvalue weighted by Gasteiger charge is -2.10. The molecule has 3 amide bonds. The lowest BCUT2D eigenvalue weighted by molar-refractivity contribution is -0.124. The summed E-state index contributed by atoms with van der Waals surface area (Å²) in [4.78, 5) is 41.5. The second kappa shape index (κ2) is 8.95. The Bertz CT molecular complexity index is 1170. The third-order valence-corrected chi connectivity index (χ3v) is 4.87. The zero-order valence-electron chi connectivity index (χ0n) is 18.3. The molecule has 1 aromatic carbocycles. The Balaban J connectivity index is 1.84. The summed E-state index contributed by atoms with van der Waals surface area (Å²) < 4.78 is 1.70. The molecule has 0 aliphatic heterocycles. The third kappa shape index (κ3) is 4.88. The van der Waals surface area contributed by atoms with Crippen molar-refractivity contribution in [2.45, 2.75) is 26.7 Å². The summed E-state index contributed by atoms with van der Waals surface area (Å²) in [5, 5.41) is 9.94. The van der Waals surface area contributed by atoms with Gasteiger partial charge in [-0.3, -0.25) is 14.4 Å². The first kappa shape index (κ1) is 21.9. The standard InChI is InChI=1S/C22H26N6O3/c1-13-10-15(24-21(30)9-8-20(29)23-3)6-7-16(13)17-12-19-25-18(22(31)27(4)5)11-14(2)28(19)26-17/h6-7,10-12H,8-9H2,1-5H3,(H,23,29)(H,24,30). The highest BCUT2D eigenvalue weighted by Crippen LogP contribution is 2.26. The lowest BCUT2D eigenvalue weighted by atomic mass is 10.0. The first-order valence-electron chi connectivity index (χ1n) is 9.90. The molecule has 3 aromatic rings. The van der Waals surface area contributed by atoms with Crippen molar-refractivity contribution in [3.8, 4) is 11.3 Å². The highest BCUT2D eigenvalue weighted by Gasteiger charge is 2.16. The van der Waals surface area contributed by atoms with Gasteiger partial charge in [0.05, 0.1) is 5.69 Å². The molecule has 0 fully saturated rings. The van der Waals surface area contributed by atoms with Gasteiger partial charge in [0.1, 0.15) is 5.69 Å². The number of fused-ring (bicyclic) bond motifs is 1. The quantitative estimate of drug-likeness (QED) is 0.633. The van der Waals surface area contributed by atoms with Gasteiger partial charge in [0.25, 0.3) is 5.91 Å². The predicted molar refractivity (Wildman–Crippen MR) is 118 cm³/mol. The fraction of sp³-hybridized carbons (Fsp3) is 0.318. The maximum atomic E-state index is 12.3. The molecule has 3 rings (SSSR count). The summed E-state index contributed by atoms with van der Waals surface area (Å²) >= 11 is 0. The number of hydrogen-bond acceptors (Lipinski definition) is 5. The first-order valence-corrected chi connectivity index (χ1v) is 9.90. The van der Waals surface area contributed by atoms with Crippen LogP contribution in [0.5, 0.6) is 0 Å². The number of amides is 3. The maximum Gasteiger partial charge on any atom is 0.272 e. The Hall–Kier alpha value is -3.75. The van der Waals surface area contributed by atoms with Crippen LogP contribution >= 0.6 is 0 Å². The van der Waals surface area contributed by atoms with Gasteiger partial charge in [0, 0.05) is 57.0 Å². The number of nitrogens with one attached hydrogen (secondary N) is 2. The van der Waals surface area contributed by atoms with Crippen molar-refractivity contribution in [2.75, 3.05) is 26.5 Å². The van der Waals surface area contributed by atoms with Gasteiger partial charge in [-0.2, -0.15) is 5.10 Å². The number of carbonyl (C=O) groups is 3. The van der Waals surface area contributed by atoms with Crippen LogP contribution in [-0.4, -0.2) is 58.4 Å². The Morgan fingerprint density at radius 2 is 1.74 bits per heavy atom. The Morgan fingerprint density at radius 1 is 1.03 bits per heavy atom. The lowest BCUT2D eigenvalue weighted by Crippen LogP contribution is -2.23. The van der Waals surface area contributed by atoms with Gasteiger partial charge in [-0.05, 0) is 37.6 Å². The molecule has 2 heterocycles. The molecule has 0 radical (unpaired) electrons. The average Bonchev–Trinajstić information content (AvgIpc) is 3.15. The Morgan fingerprint density at radius 3 is 2.39 bits per heavy atom. The van der Waals surface area contributed by atoms with E-state index in [4.69, 9.17) is 0 Å². The van der Waals surface area contributed by atoms with Crippen LogP contribution in [-0.2, 0) is 9.59 Å². The van der Waals surface area contributed by atoms with E-state index in [2.05, 4.69) is 20.7 Å². The Kier molecular flexibility index (Phi) is 6.33. The van der Waals surface area contributed by atoms with Crippen molar-refractivity contribution in [3.05, 3.63) is 47.3 Å². The molecule has 0 saturated carbocycles. The number of rotatable bonds is 6. The number of aromatic nitrogens is 3. The number of hydrogen-bond donors (Lipinski definition) is 2. The molecule has 2 aromatic heterocycles. The van der Waals surface area contributed by atoms with E-state index in [1.807, 2.05) is 32.0 Å². The van der Waals surface area contributed by atoms with Gasteiger partial charge in [-0.15, -0.1) is 0 Å². The zero-order chi connectivity index (χ0) is 22.7. The van der Waals surface area contributed by atoms with Crippen molar-refractivity contribution in [1.29, 1.82) is 0 Å². The van der Waals surface area contributed by atoms with E-state index < -0.39 is 0 Å². The topological polar surface area (TPSA) is 109 Å². The van der Waals surface area contributed by atoms with Crippen molar-refractivity contribution in [3.63, 3.8) is 0 Å². The van der Waals surface area contributed by atoms with Crippen LogP contribution in [0, 0.1) is 13.8 Å². The third-order valence-electron chi connectivity index (χ3n) is 4.87. The number of nitrogens with zero attached hydrogens (tertiary/aromatic N) is 4. The second-order valence-corrected chi connectivity index (χ2v) is 7.53. The van der Waals surface area contributed by atoms with Crippen LogP contribution in [0.1, 0.15) is 34.6 Å². The minimum absolute atomic E-state index is 0.117. The SMILES string of the molecule is CNC(=O)CCC(=O)Nc1ccc(-c2cc3nc(C(=O)N(C)C)cc(C)n3n2)c(C)c1. The molecule has 0 unspecified atom stereocenters. The van der Waals surface area contributed by atoms with E-state index in [0.29, 0.717) is 17.0 Å². The van der Waals surface area contributed by atoms with Crippen molar-refractivity contribution in [2.24, 2.45) is 0 Å². The summed E-state index contributed by atoms with van der Waals surface area (Å²) in [5.74, 6) is -0.560. The molecular weight excluding hydrogens is 396 g/mol. The van der Waals surface area contributed by atoms with E-state index in [1.165, 1.54) is 4.90 Å². The van der Waals surface area contributed by atoms with Gasteiger partial charge in [0.2, 0.25) is 11.8 Å². The Labute approximate surface area is 180 Å².